The monoisotopic (exact) mass is 659 g/mol. The number of nitrogens with one attached hydrogen (secondary N) is 1. The molecule has 7 atom stereocenters. The number of nitrogens with zero attached hydrogens (tertiary/aromatic N) is 2. The Morgan fingerprint density at radius 1 is 0.978 bits per heavy atom. The molecule has 7 unspecified atom stereocenters. The van der Waals surface area contributed by atoms with Crippen molar-refractivity contribution in [3.63, 3.8) is 0 Å². The van der Waals surface area contributed by atoms with Gasteiger partial charge in [-0.15, -0.1) is 11.8 Å². The molecule has 2 saturated carbocycles. The zero-order valence-electron chi connectivity index (χ0n) is 24.0. The Morgan fingerprint density at radius 3 is 2.40 bits per heavy atom. The lowest BCUT2D eigenvalue weighted by Gasteiger charge is -2.43. The van der Waals surface area contributed by atoms with Crippen molar-refractivity contribution < 1.29 is 18.8 Å². The van der Waals surface area contributed by atoms with Crippen molar-refractivity contribution in [1.82, 2.24) is 4.57 Å². The summed E-state index contributed by atoms with van der Waals surface area (Å²) < 4.78 is 15.2. The summed E-state index contributed by atoms with van der Waals surface area (Å²) in [5.41, 5.74) is 3.05. The topological polar surface area (TPSA) is 88.5 Å². The quantitative estimate of drug-likeness (QED) is 0.253. The van der Waals surface area contributed by atoms with Crippen LogP contribution in [0.5, 0.6) is 0 Å². The number of fused-ring (bicyclic) bond motifs is 9. The Labute approximate surface area is 271 Å². The molecule has 0 radical (unpaired) electrons. The Hall–Kier alpha value is -3.73. The van der Waals surface area contributed by atoms with Crippen molar-refractivity contribution in [3.8, 4) is 0 Å². The zero-order valence-corrected chi connectivity index (χ0v) is 26.4. The number of halogens is 2. The molecule has 3 amide bonds. The van der Waals surface area contributed by atoms with Crippen molar-refractivity contribution in [2.45, 2.75) is 36.1 Å². The number of hydrogen-bond donors (Lipinski definition) is 1. The zero-order chi connectivity index (χ0) is 31.1. The molecule has 2 aliphatic heterocycles. The Bertz CT molecular complexity index is 1940. The van der Waals surface area contributed by atoms with Crippen molar-refractivity contribution >= 4 is 63.8 Å². The summed E-state index contributed by atoms with van der Waals surface area (Å²) in [6, 6.07) is 20.6. The number of amides is 3. The molecule has 228 valence electrons. The number of aryl methyl sites for hydroxylation is 1. The van der Waals surface area contributed by atoms with Crippen molar-refractivity contribution in [2.75, 3.05) is 10.2 Å². The Kier molecular flexibility index (Phi) is 6.81. The number of carbonyl (C=O) groups excluding carboxylic acids is 3. The first kappa shape index (κ1) is 28.7. The molecule has 3 aromatic carbocycles. The van der Waals surface area contributed by atoms with E-state index in [4.69, 9.17) is 11.6 Å². The predicted octanol–water partition coefficient (Wildman–Crippen LogP) is 6.33. The molecule has 3 heterocycles. The van der Waals surface area contributed by atoms with E-state index in [0.29, 0.717) is 16.4 Å². The molecule has 1 N–H and O–H groups in total. The van der Waals surface area contributed by atoms with Gasteiger partial charge in [0.25, 0.3) is 0 Å². The molecule has 4 aliphatic rings. The van der Waals surface area contributed by atoms with Gasteiger partial charge < -0.3 is 5.32 Å². The highest BCUT2D eigenvalue weighted by Crippen LogP contribution is 2.69. The van der Waals surface area contributed by atoms with Crippen molar-refractivity contribution in [1.29, 1.82) is 0 Å². The average molecular weight is 660 g/mol. The van der Waals surface area contributed by atoms with E-state index >= 15 is 0 Å². The minimum Gasteiger partial charge on any atom is -0.325 e. The van der Waals surface area contributed by atoms with Gasteiger partial charge in [-0.1, -0.05) is 47.2 Å². The molecule has 0 spiro atoms. The molecule has 7 nitrogen and oxygen atoms in total. The summed E-state index contributed by atoms with van der Waals surface area (Å²) in [5.74, 6) is -2.48. The van der Waals surface area contributed by atoms with Gasteiger partial charge in [0.2, 0.25) is 17.7 Å². The second-order valence-electron chi connectivity index (χ2n) is 12.3. The fraction of sp³-hybridized carbons (Fsp3) is 0.294. The Balaban J connectivity index is 1.18. The lowest BCUT2D eigenvalue weighted by molar-refractivity contribution is -0.123. The lowest BCUT2D eigenvalue weighted by Crippen LogP contribution is -2.43. The number of aromatic nitrogens is 1. The standard InChI is InChI=1S/C34H27ClFN3O4S2/c1-16-3-2-4-20(13-16)37-24(40)15-38-33-30(45-34(38)43)25(17-5-7-18(35)8-6-17)26-22-14-23(29(26)44-33)28-27(22)31(41)39(32(28)42)21-11-9-19(36)10-12-21/h2-13,22-23,25-29H,14-15H2,1H3,(H,37,40). The van der Waals surface area contributed by atoms with Gasteiger partial charge in [0.1, 0.15) is 12.4 Å². The first-order valence-electron chi connectivity index (χ1n) is 14.8. The SMILES string of the molecule is Cc1cccc(NC(=O)Cn2c3c(sc2=O)C(c2ccc(Cl)cc2)C2C4CC(C2S3)C2C(=O)N(c3ccc(F)cc3)C(=O)C42)c1. The van der Waals surface area contributed by atoms with Crippen molar-refractivity contribution in [3.05, 3.63) is 109 Å². The van der Waals surface area contributed by atoms with Crippen LogP contribution in [0.25, 0.3) is 0 Å². The van der Waals surface area contributed by atoms with Gasteiger partial charge in [0, 0.05) is 26.8 Å². The van der Waals surface area contributed by atoms with E-state index in [1.807, 2.05) is 55.5 Å². The van der Waals surface area contributed by atoms with Crippen molar-refractivity contribution in [2.24, 2.45) is 29.6 Å². The van der Waals surface area contributed by atoms with Gasteiger partial charge in [-0.25, -0.2) is 4.39 Å². The van der Waals surface area contributed by atoms with Gasteiger partial charge in [0.05, 0.1) is 22.5 Å². The van der Waals surface area contributed by atoms with Crippen LogP contribution in [0.2, 0.25) is 5.02 Å². The number of imide groups is 1. The lowest BCUT2D eigenvalue weighted by atomic mass is 9.68. The molecule has 1 aromatic heterocycles. The summed E-state index contributed by atoms with van der Waals surface area (Å²) in [5, 5.41) is 4.23. The number of rotatable bonds is 5. The Morgan fingerprint density at radius 2 is 1.69 bits per heavy atom. The molecule has 3 fully saturated rings. The van der Waals surface area contributed by atoms with Crippen LogP contribution in [0.1, 0.15) is 28.3 Å². The fourth-order valence-electron chi connectivity index (χ4n) is 8.21. The third-order valence-electron chi connectivity index (χ3n) is 9.87. The highest BCUT2D eigenvalue weighted by atomic mass is 35.5. The van der Waals surface area contributed by atoms with E-state index < -0.39 is 17.7 Å². The molecule has 2 aliphatic carbocycles. The normalized spacial score (nSPS) is 27.8. The second kappa shape index (κ2) is 10.7. The average Bonchev–Trinajstić information content (AvgIpc) is 3.73. The van der Waals surface area contributed by atoms with Gasteiger partial charge >= 0.3 is 4.87 Å². The van der Waals surface area contributed by atoms with Crippen LogP contribution < -0.4 is 15.1 Å². The highest BCUT2D eigenvalue weighted by Gasteiger charge is 2.69. The number of anilines is 2. The van der Waals surface area contributed by atoms with E-state index in [1.165, 1.54) is 29.2 Å². The smallest absolute Gasteiger partial charge is 0.308 e. The third-order valence-corrected chi connectivity index (χ3v) is 12.9. The first-order valence-corrected chi connectivity index (χ1v) is 16.9. The van der Waals surface area contributed by atoms with Crippen LogP contribution in [0.4, 0.5) is 15.8 Å². The fourth-order valence-corrected chi connectivity index (χ4v) is 11.5. The summed E-state index contributed by atoms with van der Waals surface area (Å²) in [6.07, 6.45) is 0.740. The van der Waals surface area contributed by atoms with E-state index in [-0.39, 0.29) is 58.1 Å². The van der Waals surface area contributed by atoms with E-state index in [1.54, 1.807) is 16.3 Å². The van der Waals surface area contributed by atoms with E-state index in [9.17, 15) is 23.6 Å². The summed E-state index contributed by atoms with van der Waals surface area (Å²) in [6.45, 7) is 1.81. The minimum atomic E-state index is -0.475. The minimum absolute atomic E-state index is 0.00691. The number of benzene rings is 3. The van der Waals surface area contributed by atoms with Gasteiger partial charge in [-0.05, 0) is 90.8 Å². The molecule has 4 aromatic rings. The summed E-state index contributed by atoms with van der Waals surface area (Å²) in [4.78, 5) is 56.4. The largest absolute Gasteiger partial charge is 0.325 e. The van der Waals surface area contributed by atoms with Crippen LogP contribution in [0, 0.1) is 42.3 Å². The number of thioether (sulfide) groups is 1. The number of thiazole rings is 1. The van der Waals surface area contributed by atoms with E-state index in [2.05, 4.69) is 5.32 Å². The van der Waals surface area contributed by atoms with Crippen LogP contribution in [-0.2, 0) is 20.9 Å². The molecular formula is C34H27ClFN3O4S2. The molecule has 2 bridgehead atoms. The molecular weight excluding hydrogens is 633 g/mol. The number of carbonyl (C=O) groups is 3. The maximum atomic E-state index is 13.9. The molecule has 11 heteroatoms. The van der Waals surface area contributed by atoms with Crippen LogP contribution in [0.3, 0.4) is 0 Å². The first-order chi connectivity index (χ1) is 21.7. The van der Waals surface area contributed by atoms with Gasteiger partial charge in [-0.2, -0.15) is 0 Å². The van der Waals surface area contributed by atoms with Gasteiger partial charge in [-0.3, -0.25) is 28.6 Å². The maximum Gasteiger partial charge on any atom is 0.308 e. The van der Waals surface area contributed by atoms with Gasteiger partial charge in [0.15, 0.2) is 0 Å². The number of hydrogen-bond acceptors (Lipinski definition) is 6. The summed E-state index contributed by atoms with van der Waals surface area (Å²) >= 11 is 9.00. The predicted molar refractivity (Wildman–Crippen MR) is 172 cm³/mol. The van der Waals surface area contributed by atoms with Crippen LogP contribution in [0.15, 0.2) is 82.6 Å². The van der Waals surface area contributed by atoms with E-state index in [0.717, 1.165) is 38.8 Å². The molecule has 8 rings (SSSR count). The summed E-state index contributed by atoms with van der Waals surface area (Å²) in [7, 11) is 0. The highest BCUT2D eigenvalue weighted by molar-refractivity contribution is 8.00. The molecule has 1 saturated heterocycles. The maximum absolute atomic E-state index is 13.9. The second-order valence-corrected chi connectivity index (χ2v) is 14.9. The van der Waals surface area contributed by atoms with Crippen LogP contribution in [-0.4, -0.2) is 27.5 Å². The molecule has 45 heavy (non-hydrogen) atoms. The van der Waals surface area contributed by atoms with Crippen LogP contribution >= 0.6 is 34.7 Å². The third kappa shape index (κ3) is 4.52.